The third-order valence-corrected chi connectivity index (χ3v) is 5.76. The lowest BCUT2D eigenvalue weighted by Crippen LogP contribution is -2.48. The molecule has 0 atom stereocenters. The molecule has 26 heavy (non-hydrogen) atoms. The first-order valence-corrected chi connectivity index (χ1v) is 10.0. The first-order valence-electron chi connectivity index (χ1n) is 8.09. The predicted octanol–water partition coefficient (Wildman–Crippen LogP) is 5.17. The SMILES string of the molecule is O=C(CN1CCN(c2ccc(Cl)c(Cl)c2)CC1)Nc1ccc(Br)cc1Cl. The van der Waals surface area contributed by atoms with Gasteiger partial charge in [0, 0.05) is 36.3 Å². The van der Waals surface area contributed by atoms with Gasteiger partial charge in [0.2, 0.25) is 5.91 Å². The molecule has 0 saturated carbocycles. The monoisotopic (exact) mass is 475 g/mol. The Morgan fingerprint density at radius 3 is 2.35 bits per heavy atom. The Morgan fingerprint density at radius 1 is 0.962 bits per heavy atom. The highest BCUT2D eigenvalue weighted by molar-refractivity contribution is 9.10. The van der Waals surface area contributed by atoms with Gasteiger partial charge in [-0.15, -0.1) is 0 Å². The summed E-state index contributed by atoms with van der Waals surface area (Å²) >= 11 is 21.6. The fraction of sp³-hybridized carbons (Fsp3) is 0.278. The van der Waals surface area contributed by atoms with Crippen molar-refractivity contribution in [2.75, 3.05) is 42.9 Å². The van der Waals surface area contributed by atoms with Crippen LogP contribution in [0.1, 0.15) is 0 Å². The van der Waals surface area contributed by atoms with Crippen LogP contribution in [0.15, 0.2) is 40.9 Å². The van der Waals surface area contributed by atoms with Gasteiger partial charge in [-0.1, -0.05) is 50.7 Å². The lowest BCUT2D eigenvalue weighted by molar-refractivity contribution is -0.117. The fourth-order valence-electron chi connectivity index (χ4n) is 2.83. The molecule has 2 aromatic rings. The highest BCUT2D eigenvalue weighted by atomic mass is 79.9. The van der Waals surface area contributed by atoms with Gasteiger partial charge < -0.3 is 10.2 Å². The molecule has 138 valence electrons. The van der Waals surface area contributed by atoms with Gasteiger partial charge in [-0.05, 0) is 36.4 Å². The van der Waals surface area contributed by atoms with Crippen LogP contribution in [-0.4, -0.2) is 43.5 Å². The number of nitrogens with zero attached hydrogens (tertiary/aromatic N) is 2. The van der Waals surface area contributed by atoms with Crippen molar-refractivity contribution < 1.29 is 4.79 Å². The van der Waals surface area contributed by atoms with E-state index in [0.717, 1.165) is 36.3 Å². The second-order valence-corrected chi connectivity index (χ2v) is 8.17. The van der Waals surface area contributed by atoms with Crippen LogP contribution in [0.25, 0.3) is 0 Å². The summed E-state index contributed by atoms with van der Waals surface area (Å²) in [6.45, 7) is 3.57. The molecule has 8 heteroatoms. The number of piperazine rings is 1. The van der Waals surface area contributed by atoms with Crippen molar-refractivity contribution in [2.24, 2.45) is 0 Å². The number of nitrogens with one attached hydrogen (secondary N) is 1. The summed E-state index contributed by atoms with van der Waals surface area (Å²) in [4.78, 5) is 16.6. The number of carbonyl (C=O) groups is 1. The van der Waals surface area contributed by atoms with Gasteiger partial charge in [0.1, 0.15) is 0 Å². The van der Waals surface area contributed by atoms with Crippen molar-refractivity contribution in [3.05, 3.63) is 55.9 Å². The first kappa shape index (κ1) is 19.8. The molecule has 0 aliphatic carbocycles. The van der Waals surface area contributed by atoms with Gasteiger partial charge in [0.25, 0.3) is 0 Å². The van der Waals surface area contributed by atoms with Crippen LogP contribution in [0, 0.1) is 0 Å². The number of hydrogen-bond acceptors (Lipinski definition) is 3. The summed E-state index contributed by atoms with van der Waals surface area (Å²) in [7, 11) is 0. The first-order chi connectivity index (χ1) is 12.4. The van der Waals surface area contributed by atoms with Crippen molar-refractivity contribution in [3.8, 4) is 0 Å². The summed E-state index contributed by atoms with van der Waals surface area (Å²) in [6, 6.07) is 11.0. The Balaban J connectivity index is 1.51. The number of rotatable bonds is 4. The molecule has 0 aromatic heterocycles. The van der Waals surface area contributed by atoms with Crippen molar-refractivity contribution in [3.63, 3.8) is 0 Å². The number of hydrogen-bond donors (Lipinski definition) is 1. The zero-order valence-corrected chi connectivity index (χ0v) is 17.7. The van der Waals surface area contributed by atoms with E-state index in [9.17, 15) is 4.79 Å². The highest BCUT2D eigenvalue weighted by Gasteiger charge is 2.20. The molecule has 2 aromatic carbocycles. The number of carbonyl (C=O) groups excluding carboxylic acids is 1. The van der Waals surface area contributed by atoms with Gasteiger partial charge >= 0.3 is 0 Å². The summed E-state index contributed by atoms with van der Waals surface area (Å²) < 4.78 is 0.874. The largest absolute Gasteiger partial charge is 0.369 e. The normalized spacial score (nSPS) is 15.2. The Labute approximate surface area is 176 Å². The van der Waals surface area contributed by atoms with E-state index >= 15 is 0 Å². The molecule has 1 N–H and O–H groups in total. The number of benzene rings is 2. The molecule has 3 rings (SSSR count). The zero-order valence-electron chi connectivity index (χ0n) is 13.8. The maximum Gasteiger partial charge on any atom is 0.238 e. The van der Waals surface area contributed by atoms with Gasteiger partial charge in [0.05, 0.1) is 27.3 Å². The minimum absolute atomic E-state index is 0.0720. The molecule has 1 saturated heterocycles. The Kier molecular flexibility index (Phi) is 6.70. The van der Waals surface area contributed by atoms with Gasteiger partial charge in [0.15, 0.2) is 0 Å². The number of amides is 1. The van der Waals surface area contributed by atoms with E-state index in [1.165, 1.54) is 0 Å². The third kappa shape index (κ3) is 5.05. The van der Waals surface area contributed by atoms with Crippen LogP contribution in [0.5, 0.6) is 0 Å². The van der Waals surface area contributed by atoms with E-state index in [1.54, 1.807) is 18.2 Å². The highest BCUT2D eigenvalue weighted by Crippen LogP contribution is 2.28. The lowest BCUT2D eigenvalue weighted by Gasteiger charge is -2.35. The molecule has 1 fully saturated rings. The van der Waals surface area contributed by atoms with Crippen LogP contribution >= 0.6 is 50.7 Å². The molecule has 0 unspecified atom stereocenters. The lowest BCUT2D eigenvalue weighted by atomic mass is 10.2. The maximum atomic E-state index is 12.3. The van der Waals surface area contributed by atoms with Crippen molar-refractivity contribution in [1.82, 2.24) is 4.90 Å². The summed E-state index contributed by atoms with van der Waals surface area (Å²) in [5.41, 5.74) is 1.67. The number of halogens is 4. The molecule has 1 heterocycles. The molecule has 0 bridgehead atoms. The maximum absolute atomic E-state index is 12.3. The molecule has 1 amide bonds. The van der Waals surface area contributed by atoms with Crippen molar-refractivity contribution in [1.29, 1.82) is 0 Å². The quantitative estimate of drug-likeness (QED) is 0.660. The van der Waals surface area contributed by atoms with Crippen molar-refractivity contribution in [2.45, 2.75) is 0 Å². The smallest absolute Gasteiger partial charge is 0.238 e. The molecule has 1 aliphatic heterocycles. The van der Waals surface area contributed by atoms with E-state index < -0.39 is 0 Å². The fourth-order valence-corrected chi connectivity index (χ4v) is 3.84. The van der Waals surface area contributed by atoms with E-state index in [4.69, 9.17) is 34.8 Å². The van der Waals surface area contributed by atoms with E-state index in [-0.39, 0.29) is 5.91 Å². The summed E-state index contributed by atoms with van der Waals surface area (Å²) in [5, 5.41) is 4.48. The van der Waals surface area contributed by atoms with E-state index in [2.05, 4.69) is 31.0 Å². The average Bonchev–Trinajstić information content (AvgIpc) is 2.60. The van der Waals surface area contributed by atoms with Crippen LogP contribution in [0.3, 0.4) is 0 Å². The van der Waals surface area contributed by atoms with Gasteiger partial charge in [-0.25, -0.2) is 0 Å². The standard InChI is InChI=1S/C18H17BrCl3N3O/c19-12-1-4-17(16(22)9-12)23-18(26)11-24-5-7-25(8-6-24)13-2-3-14(20)15(21)10-13/h1-4,9-10H,5-8,11H2,(H,23,26). The second-order valence-electron chi connectivity index (χ2n) is 6.03. The Bertz CT molecular complexity index is 810. The Hall–Kier alpha value is -0.980. The van der Waals surface area contributed by atoms with Crippen LogP contribution in [0.2, 0.25) is 15.1 Å². The van der Waals surface area contributed by atoms with Crippen LogP contribution in [0.4, 0.5) is 11.4 Å². The van der Waals surface area contributed by atoms with Crippen LogP contribution < -0.4 is 10.2 Å². The summed E-state index contributed by atoms with van der Waals surface area (Å²) in [5.74, 6) is -0.0720. The van der Waals surface area contributed by atoms with E-state index in [1.807, 2.05) is 18.2 Å². The molecule has 0 spiro atoms. The molecular weight excluding hydrogens is 460 g/mol. The van der Waals surface area contributed by atoms with Crippen LogP contribution in [-0.2, 0) is 4.79 Å². The number of anilines is 2. The zero-order chi connectivity index (χ0) is 18.7. The second kappa shape index (κ2) is 8.81. The minimum Gasteiger partial charge on any atom is -0.369 e. The molecular formula is C18H17BrCl3N3O. The summed E-state index contributed by atoms with van der Waals surface area (Å²) in [6.07, 6.45) is 0. The average molecular weight is 478 g/mol. The van der Waals surface area contributed by atoms with Crippen molar-refractivity contribution >= 4 is 68.0 Å². The Morgan fingerprint density at radius 2 is 1.69 bits per heavy atom. The molecule has 0 radical (unpaired) electrons. The molecule has 4 nitrogen and oxygen atoms in total. The van der Waals surface area contributed by atoms with Gasteiger partial charge in [-0.2, -0.15) is 0 Å². The topological polar surface area (TPSA) is 35.6 Å². The predicted molar refractivity (Wildman–Crippen MR) is 113 cm³/mol. The third-order valence-electron chi connectivity index (χ3n) is 4.21. The van der Waals surface area contributed by atoms with E-state index in [0.29, 0.717) is 27.3 Å². The van der Waals surface area contributed by atoms with Gasteiger partial charge in [-0.3, -0.25) is 9.69 Å². The molecule has 1 aliphatic rings. The minimum atomic E-state index is -0.0720.